The van der Waals surface area contributed by atoms with E-state index < -0.39 is 16.0 Å². The van der Waals surface area contributed by atoms with E-state index in [9.17, 15) is 13.2 Å². The molecule has 0 atom stereocenters. The Balaban J connectivity index is 2.12. The van der Waals surface area contributed by atoms with Crippen molar-refractivity contribution < 1.29 is 18.3 Å². The molecule has 0 spiro atoms. The first-order valence-electron chi connectivity index (χ1n) is 6.13. The molecule has 0 radical (unpaired) electrons. The van der Waals surface area contributed by atoms with Gasteiger partial charge in [0.15, 0.2) is 0 Å². The summed E-state index contributed by atoms with van der Waals surface area (Å²) < 4.78 is 26.9. The van der Waals surface area contributed by atoms with Crippen LogP contribution in [0.2, 0.25) is 0 Å². The maximum Gasteiger partial charge on any atom is 0.347 e. The van der Waals surface area contributed by atoms with Crippen molar-refractivity contribution in [3.8, 4) is 0 Å². The Labute approximate surface area is 126 Å². The van der Waals surface area contributed by atoms with E-state index in [0.717, 1.165) is 17.0 Å². The summed E-state index contributed by atoms with van der Waals surface area (Å²) in [5, 5.41) is 10.6. The number of pyridine rings is 1. The molecule has 2 N–H and O–H groups in total. The molecule has 2 aromatic rings. The number of carbonyl (C=O) groups is 1. The van der Waals surface area contributed by atoms with Gasteiger partial charge in [0.05, 0.1) is 0 Å². The van der Waals surface area contributed by atoms with Crippen LogP contribution < -0.4 is 4.72 Å². The van der Waals surface area contributed by atoms with Crippen LogP contribution in [0.15, 0.2) is 34.7 Å². The molecule has 8 heteroatoms. The normalized spacial score (nSPS) is 11.5. The van der Waals surface area contributed by atoms with Gasteiger partial charge in [-0.2, -0.15) is 0 Å². The lowest BCUT2D eigenvalue weighted by Gasteiger charge is -2.07. The fourth-order valence-electron chi connectivity index (χ4n) is 1.85. The summed E-state index contributed by atoms with van der Waals surface area (Å²) in [5.41, 5.74) is 1.20. The van der Waals surface area contributed by atoms with Gasteiger partial charge in [0.1, 0.15) is 9.77 Å². The van der Waals surface area contributed by atoms with Gasteiger partial charge in [0.25, 0.3) is 0 Å². The number of carboxylic acids is 1. The maximum atomic E-state index is 12.2. The number of aryl methyl sites for hydroxylation is 1. The minimum Gasteiger partial charge on any atom is -0.477 e. The summed E-state index contributed by atoms with van der Waals surface area (Å²) in [6, 6.07) is 5.40. The predicted octanol–water partition coefficient (Wildman–Crippen LogP) is 1.67. The molecule has 0 aliphatic rings. The van der Waals surface area contributed by atoms with Gasteiger partial charge in [-0.15, -0.1) is 11.3 Å². The van der Waals surface area contributed by atoms with Crippen LogP contribution in [0.4, 0.5) is 0 Å². The summed E-state index contributed by atoms with van der Waals surface area (Å²) in [5.74, 6) is -1.24. The second-order valence-electron chi connectivity index (χ2n) is 4.35. The summed E-state index contributed by atoms with van der Waals surface area (Å²) in [7, 11) is -3.84. The SMILES string of the molecule is Cc1csc(C(=O)O)c1S(=O)(=O)NCCc1ccccn1. The zero-order valence-electron chi connectivity index (χ0n) is 11.2. The fourth-order valence-corrected chi connectivity index (χ4v) is 4.51. The standard InChI is InChI=1S/C13H14N2O4S2/c1-9-8-20-11(13(16)17)12(9)21(18,19)15-7-5-10-4-2-3-6-14-10/h2-4,6,8,15H,5,7H2,1H3,(H,16,17). The molecule has 21 heavy (non-hydrogen) atoms. The van der Waals surface area contributed by atoms with Gasteiger partial charge < -0.3 is 5.11 Å². The number of nitrogens with zero attached hydrogens (tertiary/aromatic N) is 1. The van der Waals surface area contributed by atoms with Gasteiger partial charge in [0, 0.05) is 24.9 Å². The molecule has 112 valence electrons. The molecule has 0 amide bonds. The highest BCUT2D eigenvalue weighted by Crippen LogP contribution is 2.26. The lowest BCUT2D eigenvalue weighted by molar-refractivity contribution is 0.0698. The molecule has 2 aromatic heterocycles. The molecule has 0 aliphatic carbocycles. The van der Waals surface area contributed by atoms with Crippen LogP contribution in [-0.2, 0) is 16.4 Å². The van der Waals surface area contributed by atoms with Crippen molar-refractivity contribution in [1.82, 2.24) is 9.71 Å². The van der Waals surface area contributed by atoms with Crippen molar-refractivity contribution in [1.29, 1.82) is 0 Å². The van der Waals surface area contributed by atoms with Crippen LogP contribution in [-0.4, -0.2) is 31.0 Å². The van der Waals surface area contributed by atoms with Crippen molar-refractivity contribution in [2.45, 2.75) is 18.2 Å². The zero-order chi connectivity index (χ0) is 15.5. The van der Waals surface area contributed by atoms with Gasteiger partial charge in [-0.1, -0.05) is 6.07 Å². The number of aromatic carboxylic acids is 1. The molecule has 0 bridgehead atoms. The van der Waals surface area contributed by atoms with Crippen molar-refractivity contribution in [2.24, 2.45) is 0 Å². The molecule has 0 fully saturated rings. The van der Waals surface area contributed by atoms with E-state index in [2.05, 4.69) is 9.71 Å². The number of thiophene rings is 1. The number of rotatable bonds is 6. The number of sulfonamides is 1. The van der Waals surface area contributed by atoms with E-state index in [0.29, 0.717) is 12.0 Å². The predicted molar refractivity (Wildman–Crippen MR) is 79.1 cm³/mol. The highest BCUT2D eigenvalue weighted by atomic mass is 32.2. The van der Waals surface area contributed by atoms with E-state index in [1.54, 1.807) is 25.3 Å². The van der Waals surface area contributed by atoms with E-state index in [-0.39, 0.29) is 16.3 Å². The van der Waals surface area contributed by atoms with Gasteiger partial charge >= 0.3 is 5.97 Å². The Hall–Kier alpha value is -1.77. The first-order valence-corrected chi connectivity index (χ1v) is 8.49. The molecule has 2 heterocycles. The molecule has 0 aliphatic heterocycles. The van der Waals surface area contributed by atoms with Gasteiger partial charge in [-0.05, 0) is 30.0 Å². The average Bonchev–Trinajstić information content (AvgIpc) is 2.83. The Morgan fingerprint density at radius 1 is 1.43 bits per heavy atom. The molecule has 0 aromatic carbocycles. The van der Waals surface area contributed by atoms with Crippen molar-refractivity contribution in [3.05, 3.63) is 45.9 Å². The van der Waals surface area contributed by atoms with Crippen LogP contribution in [0, 0.1) is 6.92 Å². The fraction of sp³-hybridized carbons (Fsp3) is 0.231. The molecular weight excluding hydrogens is 312 g/mol. The topological polar surface area (TPSA) is 96.4 Å². The van der Waals surface area contributed by atoms with E-state index in [4.69, 9.17) is 5.11 Å². The second-order valence-corrected chi connectivity index (χ2v) is 6.93. The van der Waals surface area contributed by atoms with Gasteiger partial charge in [0.2, 0.25) is 10.0 Å². The summed E-state index contributed by atoms with van der Waals surface area (Å²) in [6.07, 6.45) is 2.07. The van der Waals surface area contributed by atoms with Crippen molar-refractivity contribution in [3.63, 3.8) is 0 Å². The molecule has 0 saturated carbocycles. The minimum atomic E-state index is -3.84. The number of carboxylic acid groups (broad SMARTS) is 1. The summed E-state index contributed by atoms with van der Waals surface area (Å²) in [4.78, 5) is 14.9. The van der Waals surface area contributed by atoms with Crippen LogP contribution in [0.1, 0.15) is 20.9 Å². The smallest absolute Gasteiger partial charge is 0.347 e. The number of hydrogen-bond acceptors (Lipinski definition) is 5. The molecule has 2 rings (SSSR count). The highest BCUT2D eigenvalue weighted by molar-refractivity contribution is 7.89. The Bertz CT molecular complexity index is 739. The maximum absolute atomic E-state index is 12.2. The quantitative estimate of drug-likeness (QED) is 0.842. The second kappa shape index (κ2) is 6.33. The minimum absolute atomic E-state index is 0.152. The third-order valence-corrected chi connectivity index (χ3v) is 5.64. The highest BCUT2D eigenvalue weighted by Gasteiger charge is 2.26. The van der Waals surface area contributed by atoms with Crippen molar-refractivity contribution >= 4 is 27.3 Å². The Morgan fingerprint density at radius 3 is 2.81 bits per heavy atom. The molecule has 6 nitrogen and oxygen atoms in total. The summed E-state index contributed by atoms with van der Waals surface area (Å²) in [6.45, 7) is 1.74. The Morgan fingerprint density at radius 2 is 2.19 bits per heavy atom. The van der Waals surface area contributed by atoms with Gasteiger partial charge in [-0.25, -0.2) is 17.9 Å². The molecule has 0 unspecified atom stereocenters. The zero-order valence-corrected chi connectivity index (χ0v) is 12.9. The van der Waals surface area contributed by atoms with Gasteiger partial charge in [-0.3, -0.25) is 4.98 Å². The third kappa shape index (κ3) is 3.66. The monoisotopic (exact) mass is 326 g/mol. The Kier molecular flexibility index (Phi) is 4.71. The van der Waals surface area contributed by atoms with E-state index in [1.165, 1.54) is 5.38 Å². The lowest BCUT2D eigenvalue weighted by atomic mass is 10.3. The van der Waals surface area contributed by atoms with E-state index >= 15 is 0 Å². The lowest BCUT2D eigenvalue weighted by Crippen LogP contribution is -2.27. The first-order chi connectivity index (χ1) is 9.92. The van der Waals surface area contributed by atoms with Crippen molar-refractivity contribution in [2.75, 3.05) is 6.54 Å². The number of nitrogens with one attached hydrogen (secondary N) is 1. The number of aromatic nitrogens is 1. The number of hydrogen-bond donors (Lipinski definition) is 2. The third-order valence-electron chi connectivity index (χ3n) is 2.78. The van der Waals surface area contributed by atoms with Crippen LogP contribution in [0.3, 0.4) is 0 Å². The molecule has 0 saturated heterocycles. The van der Waals surface area contributed by atoms with Crippen LogP contribution in [0.25, 0.3) is 0 Å². The largest absolute Gasteiger partial charge is 0.477 e. The van der Waals surface area contributed by atoms with Crippen LogP contribution in [0.5, 0.6) is 0 Å². The summed E-state index contributed by atoms with van der Waals surface area (Å²) >= 11 is 0.910. The van der Waals surface area contributed by atoms with Crippen LogP contribution >= 0.6 is 11.3 Å². The van der Waals surface area contributed by atoms with E-state index in [1.807, 2.05) is 6.07 Å². The molecular formula is C13H14N2O4S2. The average molecular weight is 326 g/mol. The first kappa shape index (κ1) is 15.6.